The van der Waals surface area contributed by atoms with Gasteiger partial charge in [-0.1, -0.05) is 74.0 Å². The van der Waals surface area contributed by atoms with Gasteiger partial charge in [0.1, 0.15) is 5.75 Å². The molecule has 0 fully saturated rings. The average molecular weight is 252 g/mol. The molecule has 0 aromatic heterocycles. The molecule has 0 spiro atoms. The Morgan fingerprint density at radius 3 is 2.42 bits per heavy atom. The largest absolute Gasteiger partial charge is 0.493 e. The van der Waals surface area contributed by atoms with Crippen LogP contribution in [-0.2, 0) is 0 Å². The molecular formula is C18H20O. The van der Waals surface area contributed by atoms with Crippen LogP contribution in [0.1, 0.15) is 30.9 Å². The third-order valence-corrected chi connectivity index (χ3v) is 2.93. The molecule has 2 aromatic rings. The summed E-state index contributed by atoms with van der Waals surface area (Å²) in [5.41, 5.74) is 2.33. The summed E-state index contributed by atoms with van der Waals surface area (Å²) in [7, 11) is 0. The normalized spacial score (nSPS) is 10.8. The van der Waals surface area contributed by atoms with Gasteiger partial charge in [-0.05, 0) is 18.1 Å². The van der Waals surface area contributed by atoms with Crippen molar-refractivity contribution < 1.29 is 4.74 Å². The van der Waals surface area contributed by atoms with E-state index in [2.05, 4.69) is 37.3 Å². The molecule has 0 radical (unpaired) electrons. The summed E-state index contributed by atoms with van der Waals surface area (Å²) in [5, 5.41) is 0. The van der Waals surface area contributed by atoms with Gasteiger partial charge in [0.15, 0.2) is 0 Å². The lowest BCUT2D eigenvalue weighted by atomic mass is 10.1. The molecule has 0 aliphatic carbocycles. The number of ether oxygens (including phenoxy) is 1. The Morgan fingerprint density at radius 1 is 0.895 bits per heavy atom. The van der Waals surface area contributed by atoms with E-state index in [4.69, 9.17) is 4.74 Å². The van der Waals surface area contributed by atoms with Crippen molar-refractivity contribution in [1.29, 1.82) is 0 Å². The van der Waals surface area contributed by atoms with Crippen LogP contribution < -0.4 is 4.74 Å². The second-order valence-electron chi connectivity index (χ2n) is 4.48. The Balaban J connectivity index is 2.09. The Morgan fingerprint density at radius 2 is 1.63 bits per heavy atom. The highest BCUT2D eigenvalue weighted by molar-refractivity contribution is 5.72. The first-order valence-electron chi connectivity index (χ1n) is 6.85. The van der Waals surface area contributed by atoms with E-state index in [-0.39, 0.29) is 0 Å². The molecule has 0 saturated carbocycles. The van der Waals surface area contributed by atoms with Gasteiger partial charge >= 0.3 is 0 Å². The summed E-state index contributed by atoms with van der Waals surface area (Å²) in [6.45, 7) is 2.96. The summed E-state index contributed by atoms with van der Waals surface area (Å²) in [6.07, 6.45) is 6.47. The number of para-hydroxylation sites is 1. The maximum absolute atomic E-state index is 5.81. The third-order valence-electron chi connectivity index (χ3n) is 2.93. The summed E-state index contributed by atoms with van der Waals surface area (Å²) in [6, 6.07) is 18.5. The molecule has 2 aromatic carbocycles. The zero-order valence-corrected chi connectivity index (χ0v) is 11.4. The van der Waals surface area contributed by atoms with E-state index in [0.717, 1.165) is 30.8 Å². The van der Waals surface area contributed by atoms with Gasteiger partial charge < -0.3 is 4.74 Å². The van der Waals surface area contributed by atoms with Gasteiger partial charge in [-0.3, -0.25) is 0 Å². The zero-order chi connectivity index (χ0) is 13.3. The van der Waals surface area contributed by atoms with Crippen LogP contribution >= 0.6 is 0 Å². The maximum atomic E-state index is 5.81. The van der Waals surface area contributed by atoms with Crippen molar-refractivity contribution in [3.05, 3.63) is 65.7 Å². The van der Waals surface area contributed by atoms with E-state index in [1.165, 1.54) is 5.56 Å². The molecule has 0 heterocycles. The van der Waals surface area contributed by atoms with E-state index in [1.807, 2.05) is 36.4 Å². The van der Waals surface area contributed by atoms with Crippen molar-refractivity contribution in [2.24, 2.45) is 0 Å². The molecule has 0 amide bonds. The quantitative estimate of drug-likeness (QED) is 0.517. The number of rotatable bonds is 6. The van der Waals surface area contributed by atoms with Crippen LogP contribution in [0.3, 0.4) is 0 Å². The lowest BCUT2D eigenvalue weighted by Gasteiger charge is -2.08. The Hall–Kier alpha value is -2.02. The van der Waals surface area contributed by atoms with Crippen molar-refractivity contribution in [1.82, 2.24) is 0 Å². The molecule has 19 heavy (non-hydrogen) atoms. The van der Waals surface area contributed by atoms with Gasteiger partial charge in [0, 0.05) is 5.56 Å². The van der Waals surface area contributed by atoms with Crippen molar-refractivity contribution in [3.63, 3.8) is 0 Å². The van der Waals surface area contributed by atoms with Gasteiger partial charge in [0.2, 0.25) is 0 Å². The minimum atomic E-state index is 0.784. The van der Waals surface area contributed by atoms with Gasteiger partial charge in [-0.15, -0.1) is 0 Å². The van der Waals surface area contributed by atoms with Crippen molar-refractivity contribution in [2.75, 3.05) is 6.61 Å². The second kappa shape index (κ2) is 7.42. The minimum Gasteiger partial charge on any atom is -0.493 e. The first kappa shape index (κ1) is 13.4. The highest BCUT2D eigenvalue weighted by atomic mass is 16.5. The molecule has 0 atom stereocenters. The molecule has 2 rings (SSSR count). The van der Waals surface area contributed by atoms with Gasteiger partial charge in [-0.2, -0.15) is 0 Å². The Labute approximate surface area is 115 Å². The fraction of sp³-hybridized carbons (Fsp3) is 0.222. The number of benzene rings is 2. The average Bonchev–Trinajstić information content (AvgIpc) is 2.48. The van der Waals surface area contributed by atoms with Crippen molar-refractivity contribution in [3.8, 4) is 5.75 Å². The van der Waals surface area contributed by atoms with Gasteiger partial charge in [-0.25, -0.2) is 0 Å². The van der Waals surface area contributed by atoms with Crippen LogP contribution in [0.4, 0.5) is 0 Å². The molecule has 1 heteroatoms. The van der Waals surface area contributed by atoms with Gasteiger partial charge in [0.05, 0.1) is 6.61 Å². The number of hydrogen-bond donors (Lipinski definition) is 0. The third kappa shape index (κ3) is 4.29. The van der Waals surface area contributed by atoms with Crippen molar-refractivity contribution in [2.45, 2.75) is 19.8 Å². The highest BCUT2D eigenvalue weighted by Gasteiger charge is 1.98. The predicted octanol–water partition coefficient (Wildman–Crippen LogP) is 5.04. The van der Waals surface area contributed by atoms with E-state index in [1.54, 1.807) is 0 Å². The molecule has 0 bridgehead atoms. The van der Waals surface area contributed by atoms with E-state index in [9.17, 15) is 0 Å². The summed E-state index contributed by atoms with van der Waals surface area (Å²) in [4.78, 5) is 0. The first-order chi connectivity index (χ1) is 9.40. The van der Waals surface area contributed by atoms with E-state index >= 15 is 0 Å². The van der Waals surface area contributed by atoms with Crippen LogP contribution in [-0.4, -0.2) is 6.61 Å². The predicted molar refractivity (Wildman–Crippen MR) is 82.2 cm³/mol. The Bertz CT molecular complexity index is 514. The van der Waals surface area contributed by atoms with E-state index < -0.39 is 0 Å². The lowest BCUT2D eigenvalue weighted by molar-refractivity contribution is 0.309. The number of unbranched alkanes of at least 4 members (excludes halogenated alkanes) is 1. The molecule has 0 unspecified atom stereocenters. The standard InChI is InChI=1S/C18H20O/c1-2-3-15-19-18-12-8-7-11-17(18)14-13-16-9-5-4-6-10-16/h4-14H,2-3,15H2,1H3/b14-13+. The maximum Gasteiger partial charge on any atom is 0.126 e. The SMILES string of the molecule is CCCCOc1ccccc1/C=C/c1ccccc1. The smallest absolute Gasteiger partial charge is 0.126 e. The fourth-order valence-electron chi connectivity index (χ4n) is 1.83. The fourth-order valence-corrected chi connectivity index (χ4v) is 1.83. The van der Waals surface area contributed by atoms with Crippen LogP contribution in [0.5, 0.6) is 5.75 Å². The monoisotopic (exact) mass is 252 g/mol. The summed E-state index contributed by atoms with van der Waals surface area (Å²) < 4.78 is 5.81. The summed E-state index contributed by atoms with van der Waals surface area (Å²) >= 11 is 0. The zero-order valence-electron chi connectivity index (χ0n) is 11.4. The molecule has 98 valence electrons. The van der Waals surface area contributed by atoms with E-state index in [0.29, 0.717) is 0 Å². The summed E-state index contributed by atoms with van der Waals surface area (Å²) in [5.74, 6) is 0.961. The Kier molecular flexibility index (Phi) is 5.24. The van der Waals surface area contributed by atoms with Crippen LogP contribution in [0.25, 0.3) is 12.2 Å². The molecule has 0 aliphatic heterocycles. The molecule has 0 N–H and O–H groups in total. The molecule has 1 nitrogen and oxygen atoms in total. The van der Waals surface area contributed by atoms with Crippen LogP contribution in [0.2, 0.25) is 0 Å². The van der Waals surface area contributed by atoms with Crippen LogP contribution in [0.15, 0.2) is 54.6 Å². The van der Waals surface area contributed by atoms with Crippen molar-refractivity contribution >= 4 is 12.2 Å². The first-order valence-corrected chi connectivity index (χ1v) is 6.85. The van der Waals surface area contributed by atoms with Crippen LogP contribution in [0, 0.1) is 0 Å². The topological polar surface area (TPSA) is 9.23 Å². The molecular weight excluding hydrogens is 232 g/mol. The van der Waals surface area contributed by atoms with Gasteiger partial charge in [0.25, 0.3) is 0 Å². The molecule has 0 aliphatic rings. The lowest BCUT2D eigenvalue weighted by Crippen LogP contribution is -1.97. The minimum absolute atomic E-state index is 0.784. The molecule has 0 saturated heterocycles. The second-order valence-corrected chi connectivity index (χ2v) is 4.48. The number of hydrogen-bond acceptors (Lipinski definition) is 1. The highest BCUT2D eigenvalue weighted by Crippen LogP contribution is 2.21.